The maximum atomic E-state index is 12.4. The maximum absolute atomic E-state index is 12.4. The Bertz CT molecular complexity index is 902. The van der Waals surface area contributed by atoms with Gasteiger partial charge in [-0.15, -0.1) is 0 Å². The lowest BCUT2D eigenvalue weighted by molar-refractivity contribution is -0.249. The molecule has 8 nitrogen and oxygen atoms in total. The van der Waals surface area contributed by atoms with Gasteiger partial charge in [-0.2, -0.15) is 0 Å². The van der Waals surface area contributed by atoms with Gasteiger partial charge < -0.3 is 24.1 Å². The molecule has 4 rings (SSSR count). The first-order valence-electron chi connectivity index (χ1n) is 11.2. The van der Waals surface area contributed by atoms with Gasteiger partial charge in [0.1, 0.15) is 11.1 Å². The third kappa shape index (κ3) is 4.59. The third-order valence-corrected chi connectivity index (χ3v) is 6.27. The second-order valence-corrected chi connectivity index (χ2v) is 8.76. The van der Waals surface area contributed by atoms with Crippen molar-refractivity contribution in [3.63, 3.8) is 0 Å². The van der Waals surface area contributed by atoms with E-state index >= 15 is 0 Å². The average molecular weight is 444 g/mol. The summed E-state index contributed by atoms with van der Waals surface area (Å²) in [6, 6.07) is 0. The predicted octanol–water partition coefficient (Wildman–Crippen LogP) is 4.18. The number of aliphatic hydroxyl groups is 1. The van der Waals surface area contributed by atoms with E-state index < -0.39 is 35.4 Å². The molecule has 0 aromatic heterocycles. The Morgan fingerprint density at radius 1 is 0.781 bits per heavy atom. The molecule has 0 bridgehead atoms. The Kier molecular flexibility index (Phi) is 6.13. The van der Waals surface area contributed by atoms with Gasteiger partial charge in [-0.05, 0) is 44.8 Å². The molecule has 32 heavy (non-hydrogen) atoms. The van der Waals surface area contributed by atoms with Crippen LogP contribution < -0.4 is 0 Å². The minimum Gasteiger partial charge on any atom is -0.480 e. The molecule has 2 aliphatic heterocycles. The van der Waals surface area contributed by atoms with Crippen molar-refractivity contribution in [2.24, 2.45) is 0 Å². The van der Waals surface area contributed by atoms with Crippen molar-refractivity contribution < 1.29 is 38.4 Å². The summed E-state index contributed by atoms with van der Waals surface area (Å²) in [7, 11) is 0. The van der Waals surface area contributed by atoms with Crippen LogP contribution in [-0.2, 0) is 33.3 Å². The van der Waals surface area contributed by atoms with E-state index in [-0.39, 0.29) is 11.1 Å². The van der Waals surface area contributed by atoms with Crippen molar-refractivity contribution in [1.29, 1.82) is 0 Å². The Balaban J connectivity index is 1.44. The lowest BCUT2D eigenvalue weighted by Gasteiger charge is -2.38. The molecule has 2 aliphatic carbocycles. The summed E-state index contributed by atoms with van der Waals surface area (Å²) in [5.41, 5.74) is 0.343. The molecule has 4 aliphatic rings. The van der Waals surface area contributed by atoms with Crippen LogP contribution in [-0.4, -0.2) is 34.6 Å². The van der Waals surface area contributed by atoms with Crippen LogP contribution >= 0.6 is 0 Å². The van der Waals surface area contributed by atoms with Crippen LogP contribution in [0.1, 0.15) is 71.1 Å². The van der Waals surface area contributed by atoms with Crippen molar-refractivity contribution >= 4 is 17.9 Å². The molecule has 0 atom stereocenters. The molecule has 0 radical (unpaired) electrons. The quantitative estimate of drug-likeness (QED) is 0.299. The largest absolute Gasteiger partial charge is 0.480 e. The summed E-state index contributed by atoms with van der Waals surface area (Å²) in [6.07, 6.45) is 13.5. The highest BCUT2D eigenvalue weighted by molar-refractivity contribution is 6.15. The molecule has 0 aromatic rings. The summed E-state index contributed by atoms with van der Waals surface area (Å²) >= 11 is 0. The van der Waals surface area contributed by atoms with Gasteiger partial charge in [-0.3, -0.25) is 0 Å². The van der Waals surface area contributed by atoms with Crippen LogP contribution in [0.25, 0.3) is 0 Å². The fourth-order valence-corrected chi connectivity index (χ4v) is 4.46. The molecule has 3 fully saturated rings. The normalized spacial score (nSPS) is 25.5. The van der Waals surface area contributed by atoms with Crippen molar-refractivity contribution in [3.05, 3.63) is 47.0 Å². The fraction of sp³-hybridized carbons (Fsp3) is 0.542. The zero-order valence-corrected chi connectivity index (χ0v) is 18.2. The summed E-state index contributed by atoms with van der Waals surface area (Å²) in [6.45, 7) is 1.71. The highest BCUT2D eigenvalue weighted by atomic mass is 16.8. The predicted molar refractivity (Wildman–Crippen MR) is 112 cm³/mol. The standard InChI is InChI=1S/C24H28O8/c1-16(8-10-17-19(25)29-23(30-20(17)26)12-4-2-5-13-23)9-11-18-21(27)31-24(32-22(18)28)14-6-3-7-15-24/h8-11,25H,2-7,12-15H2,1H3/b10-8+,16-9+. The molecule has 1 N–H and O–H groups in total. The van der Waals surface area contributed by atoms with E-state index in [4.69, 9.17) is 18.9 Å². The third-order valence-electron chi connectivity index (χ3n) is 6.27. The van der Waals surface area contributed by atoms with E-state index in [1.807, 2.05) is 0 Å². The number of allylic oxidation sites excluding steroid dienone is 4. The first-order valence-corrected chi connectivity index (χ1v) is 11.2. The molecule has 0 unspecified atom stereocenters. The van der Waals surface area contributed by atoms with Gasteiger partial charge in [0.2, 0.25) is 0 Å². The molecular weight excluding hydrogens is 416 g/mol. The molecule has 8 heteroatoms. The van der Waals surface area contributed by atoms with Crippen LogP contribution in [0.15, 0.2) is 47.0 Å². The minimum atomic E-state index is -1.12. The molecule has 2 spiro atoms. The van der Waals surface area contributed by atoms with Crippen LogP contribution in [0.5, 0.6) is 0 Å². The number of hydrogen-bond acceptors (Lipinski definition) is 8. The zero-order valence-electron chi connectivity index (χ0n) is 18.2. The van der Waals surface area contributed by atoms with Gasteiger partial charge in [-0.1, -0.05) is 30.6 Å². The second-order valence-electron chi connectivity index (χ2n) is 8.76. The Morgan fingerprint density at radius 2 is 1.28 bits per heavy atom. The first kappa shape index (κ1) is 22.2. The number of aliphatic hydroxyl groups excluding tert-OH is 1. The number of esters is 3. The van der Waals surface area contributed by atoms with Crippen molar-refractivity contribution in [3.8, 4) is 0 Å². The minimum absolute atomic E-state index is 0.0858. The van der Waals surface area contributed by atoms with Crippen LogP contribution in [0.2, 0.25) is 0 Å². The van der Waals surface area contributed by atoms with Crippen LogP contribution in [0.4, 0.5) is 0 Å². The lowest BCUT2D eigenvalue weighted by Crippen LogP contribution is -2.47. The molecular formula is C24H28O8. The maximum Gasteiger partial charge on any atom is 0.348 e. The lowest BCUT2D eigenvalue weighted by atomic mass is 9.93. The van der Waals surface area contributed by atoms with E-state index in [0.717, 1.165) is 38.5 Å². The van der Waals surface area contributed by atoms with Crippen molar-refractivity contribution in [1.82, 2.24) is 0 Å². The van der Waals surface area contributed by atoms with Crippen LogP contribution in [0, 0.1) is 0 Å². The van der Waals surface area contributed by atoms with Gasteiger partial charge in [-0.25, -0.2) is 14.4 Å². The summed E-state index contributed by atoms with van der Waals surface area (Å²) in [5, 5.41) is 10.2. The topological polar surface area (TPSA) is 108 Å². The van der Waals surface area contributed by atoms with Gasteiger partial charge in [0.25, 0.3) is 17.5 Å². The second kappa shape index (κ2) is 8.84. The van der Waals surface area contributed by atoms with E-state index in [1.165, 1.54) is 18.2 Å². The first-order chi connectivity index (χ1) is 15.3. The molecule has 172 valence electrons. The van der Waals surface area contributed by atoms with E-state index in [9.17, 15) is 19.5 Å². The molecule has 1 saturated heterocycles. The smallest absolute Gasteiger partial charge is 0.348 e. The van der Waals surface area contributed by atoms with E-state index in [0.29, 0.717) is 31.3 Å². The number of carbonyl (C=O) groups excluding carboxylic acids is 3. The Hall–Kier alpha value is -3.03. The highest BCUT2D eigenvalue weighted by Gasteiger charge is 2.46. The monoisotopic (exact) mass is 444 g/mol. The number of ether oxygens (including phenoxy) is 4. The number of rotatable bonds is 3. The Morgan fingerprint density at radius 3 is 1.81 bits per heavy atom. The van der Waals surface area contributed by atoms with Gasteiger partial charge in [0.05, 0.1) is 0 Å². The number of carbonyl (C=O) groups is 3. The van der Waals surface area contributed by atoms with Gasteiger partial charge in [0, 0.05) is 25.7 Å². The Labute approximate surface area is 186 Å². The van der Waals surface area contributed by atoms with Gasteiger partial charge >= 0.3 is 17.9 Å². The number of hydrogen-bond donors (Lipinski definition) is 1. The van der Waals surface area contributed by atoms with Gasteiger partial charge in [0.15, 0.2) is 0 Å². The van der Waals surface area contributed by atoms with Crippen LogP contribution in [0.3, 0.4) is 0 Å². The molecule has 2 heterocycles. The zero-order chi connectivity index (χ0) is 22.8. The van der Waals surface area contributed by atoms with E-state index in [1.54, 1.807) is 13.0 Å². The molecule has 0 aromatic carbocycles. The fourth-order valence-electron chi connectivity index (χ4n) is 4.46. The molecule has 2 saturated carbocycles. The molecule has 0 amide bonds. The SMILES string of the molecule is CC(/C=C/C1=C(O)OC2(CCCCC2)OC1=O)=C\C=C1C(=O)OC2(CCCCC2)OC1=O. The van der Waals surface area contributed by atoms with E-state index in [2.05, 4.69) is 0 Å². The summed E-state index contributed by atoms with van der Waals surface area (Å²) in [4.78, 5) is 37.1. The highest BCUT2D eigenvalue weighted by Crippen LogP contribution is 2.39. The summed E-state index contributed by atoms with van der Waals surface area (Å²) < 4.78 is 21.9. The average Bonchev–Trinajstić information content (AvgIpc) is 2.73. The van der Waals surface area contributed by atoms with Crippen molar-refractivity contribution in [2.45, 2.75) is 82.7 Å². The van der Waals surface area contributed by atoms with Crippen molar-refractivity contribution in [2.75, 3.05) is 0 Å². The summed E-state index contributed by atoms with van der Waals surface area (Å²) in [5.74, 6) is -4.68.